The number of carbonyl (C=O) groups excluding carboxylic acids is 1. The molecule has 34 heavy (non-hydrogen) atoms. The van der Waals surface area contributed by atoms with Crippen molar-refractivity contribution in [3.8, 4) is 0 Å². The Morgan fingerprint density at radius 2 is 1.59 bits per heavy atom. The monoisotopic (exact) mass is 476 g/mol. The summed E-state index contributed by atoms with van der Waals surface area (Å²) >= 11 is 0. The third-order valence-electron chi connectivity index (χ3n) is 6.53. The fourth-order valence-corrected chi connectivity index (χ4v) is 5.96. The van der Waals surface area contributed by atoms with Gasteiger partial charge < -0.3 is 5.32 Å². The summed E-state index contributed by atoms with van der Waals surface area (Å²) in [6.07, 6.45) is 3.35. The number of fused-ring (bicyclic) bond motifs is 1. The lowest BCUT2D eigenvalue weighted by Crippen LogP contribution is -2.42. The minimum absolute atomic E-state index is 0.165. The molecule has 0 aliphatic heterocycles. The lowest BCUT2D eigenvalue weighted by Gasteiger charge is -2.27. The molecule has 0 saturated heterocycles. The van der Waals surface area contributed by atoms with Gasteiger partial charge in [0.25, 0.3) is 10.0 Å². The minimum Gasteiger partial charge on any atom is -0.348 e. The predicted octanol–water partition coefficient (Wildman–Crippen LogP) is 5.17. The summed E-state index contributed by atoms with van der Waals surface area (Å²) in [6.45, 7) is 7.32. The zero-order valence-corrected chi connectivity index (χ0v) is 21.1. The van der Waals surface area contributed by atoms with Crippen molar-refractivity contribution in [3.63, 3.8) is 0 Å². The molecule has 6 heteroatoms. The van der Waals surface area contributed by atoms with Gasteiger partial charge in [0.15, 0.2) is 0 Å². The van der Waals surface area contributed by atoms with Gasteiger partial charge in [-0.2, -0.15) is 0 Å². The number of benzene rings is 3. The number of anilines is 1. The number of carbonyl (C=O) groups is 1. The zero-order valence-electron chi connectivity index (χ0n) is 20.3. The van der Waals surface area contributed by atoms with Crippen LogP contribution in [0.25, 0.3) is 0 Å². The summed E-state index contributed by atoms with van der Waals surface area (Å²) in [5.74, 6) is -0.343. The van der Waals surface area contributed by atoms with Crippen molar-refractivity contribution in [2.24, 2.45) is 0 Å². The first-order valence-corrected chi connectivity index (χ1v) is 13.2. The van der Waals surface area contributed by atoms with Crippen LogP contribution in [0.1, 0.15) is 52.8 Å². The van der Waals surface area contributed by atoms with Gasteiger partial charge in [-0.3, -0.25) is 9.10 Å². The average molecular weight is 477 g/mol. The largest absolute Gasteiger partial charge is 0.348 e. The van der Waals surface area contributed by atoms with Crippen molar-refractivity contribution in [2.75, 3.05) is 10.8 Å². The number of amides is 1. The highest BCUT2D eigenvalue weighted by Gasteiger charge is 2.29. The van der Waals surface area contributed by atoms with Gasteiger partial charge in [-0.25, -0.2) is 8.42 Å². The SMILES string of the molecule is Cc1ccc(S(=O)(=O)N(CC(=O)N[C@H](C)c2ccc3c(c2)CCC3)c2cc(C)ccc2C)cc1. The van der Waals surface area contributed by atoms with Gasteiger partial charge in [0.1, 0.15) is 6.54 Å². The molecule has 0 unspecified atom stereocenters. The van der Waals surface area contributed by atoms with Gasteiger partial charge in [0.2, 0.25) is 5.91 Å². The van der Waals surface area contributed by atoms with E-state index >= 15 is 0 Å². The van der Waals surface area contributed by atoms with Gasteiger partial charge in [0.05, 0.1) is 16.6 Å². The second-order valence-corrected chi connectivity index (χ2v) is 11.1. The van der Waals surface area contributed by atoms with Crippen molar-refractivity contribution in [1.82, 2.24) is 5.32 Å². The number of nitrogens with one attached hydrogen (secondary N) is 1. The van der Waals surface area contributed by atoms with E-state index in [-0.39, 0.29) is 23.4 Å². The van der Waals surface area contributed by atoms with Crippen LogP contribution in [0.4, 0.5) is 5.69 Å². The van der Waals surface area contributed by atoms with E-state index in [0.29, 0.717) is 5.69 Å². The van der Waals surface area contributed by atoms with Crippen LogP contribution in [0, 0.1) is 20.8 Å². The normalized spacial score (nSPS) is 13.9. The molecule has 3 aromatic carbocycles. The molecule has 0 aromatic heterocycles. The quantitative estimate of drug-likeness (QED) is 0.511. The van der Waals surface area contributed by atoms with E-state index in [0.717, 1.165) is 35.1 Å². The van der Waals surface area contributed by atoms with E-state index in [1.807, 2.05) is 45.9 Å². The van der Waals surface area contributed by atoms with Gasteiger partial charge in [0, 0.05) is 0 Å². The molecule has 1 N–H and O–H groups in total. The molecule has 1 aliphatic rings. The maximum Gasteiger partial charge on any atom is 0.264 e. The van der Waals surface area contributed by atoms with Crippen molar-refractivity contribution in [3.05, 3.63) is 94.0 Å². The van der Waals surface area contributed by atoms with Crippen LogP contribution in [0.15, 0.2) is 65.6 Å². The zero-order chi connectivity index (χ0) is 24.5. The maximum absolute atomic E-state index is 13.7. The Kier molecular flexibility index (Phi) is 6.80. The molecule has 0 radical (unpaired) electrons. The molecule has 4 rings (SSSR count). The van der Waals surface area contributed by atoms with E-state index in [4.69, 9.17) is 0 Å². The summed E-state index contributed by atoms with van der Waals surface area (Å²) in [5.41, 5.74) is 6.97. The summed E-state index contributed by atoms with van der Waals surface area (Å²) < 4.78 is 28.6. The Labute approximate surface area is 202 Å². The number of hydrogen-bond donors (Lipinski definition) is 1. The van der Waals surface area contributed by atoms with E-state index < -0.39 is 10.0 Å². The molecular weight excluding hydrogens is 444 g/mol. The highest BCUT2D eigenvalue weighted by molar-refractivity contribution is 7.92. The Balaban J connectivity index is 1.62. The first kappa shape index (κ1) is 24.0. The highest BCUT2D eigenvalue weighted by atomic mass is 32.2. The molecule has 3 aromatic rings. The Morgan fingerprint density at radius 1 is 0.912 bits per heavy atom. The summed E-state index contributed by atoms with van der Waals surface area (Å²) in [6, 6.07) is 18.5. The molecule has 1 aliphatic carbocycles. The van der Waals surface area contributed by atoms with Gasteiger partial charge >= 0.3 is 0 Å². The lowest BCUT2D eigenvalue weighted by molar-refractivity contribution is -0.120. The van der Waals surface area contributed by atoms with Crippen molar-refractivity contribution in [2.45, 2.75) is 57.9 Å². The number of nitrogens with zero attached hydrogens (tertiary/aromatic N) is 1. The number of hydrogen-bond acceptors (Lipinski definition) is 3. The minimum atomic E-state index is -3.94. The average Bonchev–Trinajstić information content (AvgIpc) is 3.27. The van der Waals surface area contributed by atoms with E-state index in [1.54, 1.807) is 24.3 Å². The summed E-state index contributed by atoms with van der Waals surface area (Å²) in [4.78, 5) is 13.3. The second kappa shape index (κ2) is 9.63. The van der Waals surface area contributed by atoms with Crippen LogP contribution in [0.3, 0.4) is 0 Å². The molecule has 0 bridgehead atoms. The molecule has 0 fully saturated rings. The smallest absolute Gasteiger partial charge is 0.264 e. The highest BCUT2D eigenvalue weighted by Crippen LogP contribution is 2.29. The Hall–Kier alpha value is -3.12. The van der Waals surface area contributed by atoms with Crippen LogP contribution >= 0.6 is 0 Å². The van der Waals surface area contributed by atoms with Crippen LogP contribution in [-0.2, 0) is 27.7 Å². The third-order valence-corrected chi connectivity index (χ3v) is 8.30. The molecule has 0 heterocycles. The number of sulfonamides is 1. The molecule has 0 spiro atoms. The first-order chi connectivity index (χ1) is 16.1. The van der Waals surface area contributed by atoms with Crippen LogP contribution in [0.2, 0.25) is 0 Å². The lowest BCUT2D eigenvalue weighted by atomic mass is 10.0. The van der Waals surface area contributed by atoms with Crippen LogP contribution in [-0.4, -0.2) is 20.9 Å². The number of rotatable bonds is 7. The standard InChI is InChI=1S/C28H32N2O3S/c1-19-9-14-26(15-10-19)34(32,33)30(27-16-20(2)8-11-21(27)3)18-28(31)29-22(4)24-13-12-23-6-5-7-25(23)17-24/h8-17,22H,5-7,18H2,1-4H3,(H,29,31)/t22-/m1/s1. The third kappa shape index (κ3) is 5.02. The van der Waals surface area contributed by atoms with Gasteiger partial charge in [-0.15, -0.1) is 0 Å². The predicted molar refractivity (Wildman–Crippen MR) is 137 cm³/mol. The fraction of sp³-hybridized carbons (Fsp3) is 0.321. The van der Waals surface area contributed by atoms with E-state index in [2.05, 4.69) is 23.5 Å². The molecule has 1 atom stereocenters. The van der Waals surface area contributed by atoms with Crippen molar-refractivity contribution < 1.29 is 13.2 Å². The van der Waals surface area contributed by atoms with Crippen molar-refractivity contribution >= 4 is 21.6 Å². The molecule has 178 valence electrons. The second-order valence-electron chi connectivity index (χ2n) is 9.29. The Morgan fingerprint density at radius 3 is 2.32 bits per heavy atom. The maximum atomic E-state index is 13.7. The van der Waals surface area contributed by atoms with Gasteiger partial charge in [-0.1, -0.05) is 48.0 Å². The van der Waals surface area contributed by atoms with E-state index in [1.165, 1.54) is 21.9 Å². The number of aryl methyl sites for hydroxylation is 5. The van der Waals surface area contributed by atoms with Crippen molar-refractivity contribution in [1.29, 1.82) is 0 Å². The van der Waals surface area contributed by atoms with Gasteiger partial charge in [-0.05, 0) is 93.0 Å². The Bertz CT molecular complexity index is 1310. The molecular formula is C28H32N2O3S. The molecule has 5 nitrogen and oxygen atoms in total. The van der Waals surface area contributed by atoms with E-state index in [9.17, 15) is 13.2 Å². The van der Waals surface area contributed by atoms with Crippen LogP contribution in [0.5, 0.6) is 0 Å². The topological polar surface area (TPSA) is 66.5 Å². The summed E-state index contributed by atoms with van der Waals surface area (Å²) in [7, 11) is -3.94. The first-order valence-electron chi connectivity index (χ1n) is 11.7. The summed E-state index contributed by atoms with van der Waals surface area (Å²) in [5, 5.41) is 3.01. The molecule has 1 amide bonds. The molecule has 0 saturated carbocycles. The van der Waals surface area contributed by atoms with Crippen LogP contribution < -0.4 is 9.62 Å². The fourth-order valence-electron chi connectivity index (χ4n) is 4.49.